The fourth-order valence-corrected chi connectivity index (χ4v) is 8.03. The Balaban J connectivity index is 1.33. The lowest BCUT2D eigenvalue weighted by molar-refractivity contribution is -0.790. The Morgan fingerprint density at radius 1 is 1.13 bits per heavy atom. The van der Waals surface area contributed by atoms with Crippen molar-refractivity contribution in [3.05, 3.63) is 44.0 Å². The Morgan fingerprint density at radius 3 is 2.51 bits per heavy atom. The van der Waals surface area contributed by atoms with Gasteiger partial charge in [0.25, 0.3) is 10.2 Å². The molecular weight excluding hydrogens is 602 g/mol. The fourth-order valence-electron chi connectivity index (χ4n) is 8.03. The Morgan fingerprint density at radius 2 is 1.84 bits per heavy atom. The number of esters is 2. The third-order valence-corrected chi connectivity index (χ3v) is 10.2. The van der Waals surface area contributed by atoms with Gasteiger partial charge in [0.15, 0.2) is 18.5 Å². The molecule has 4 aliphatic rings. The normalized spacial score (nSPS) is 34.6. The molecule has 0 aromatic heterocycles. The summed E-state index contributed by atoms with van der Waals surface area (Å²) in [6.45, 7) is 1.21. The lowest BCUT2D eigenvalue weighted by atomic mass is 9.46. The van der Waals surface area contributed by atoms with Crippen LogP contribution in [0.5, 0.6) is 0 Å². The van der Waals surface area contributed by atoms with Crippen molar-refractivity contribution in [1.82, 2.24) is 0 Å². The van der Waals surface area contributed by atoms with E-state index >= 15 is 0 Å². The molecule has 0 heterocycles. The summed E-state index contributed by atoms with van der Waals surface area (Å²) in [6.07, 6.45) is 3.88. The molecule has 0 aromatic carbocycles. The average Bonchev–Trinajstić information content (AvgIpc) is 3.23. The minimum absolute atomic E-state index is 0.0198. The molecular formula is C28H37N3O14. The monoisotopic (exact) mass is 639 g/mol. The molecule has 4 rings (SSSR count). The third-order valence-electron chi connectivity index (χ3n) is 10.2. The van der Waals surface area contributed by atoms with Crippen LogP contribution in [-0.4, -0.2) is 87.6 Å². The second-order valence-electron chi connectivity index (χ2n) is 12.6. The molecule has 17 heteroatoms. The number of aliphatic hydroxyl groups excluding tert-OH is 1. The molecule has 0 aliphatic heterocycles. The topological polar surface area (TPSA) is 258 Å². The van der Waals surface area contributed by atoms with E-state index in [0.717, 1.165) is 5.57 Å². The molecule has 0 saturated heterocycles. The van der Waals surface area contributed by atoms with E-state index in [9.17, 15) is 49.6 Å². The van der Waals surface area contributed by atoms with Gasteiger partial charge in [0, 0.05) is 16.7 Å². The summed E-state index contributed by atoms with van der Waals surface area (Å²) < 4.78 is 9.78. The van der Waals surface area contributed by atoms with Crippen LogP contribution in [0.3, 0.4) is 0 Å². The van der Waals surface area contributed by atoms with Crippen molar-refractivity contribution < 1.29 is 58.7 Å². The summed E-state index contributed by atoms with van der Waals surface area (Å²) in [7, 11) is 0. The number of hydrogen-bond donors (Lipinski definition) is 3. The number of ether oxygens (including phenoxy) is 2. The SMILES string of the molecule is C[C@]12C=CC(=O)C=C1CCC1C2[C@@H](O)C[C@@]2(C)C1CC[C@]2(O)C(=O)COC(=O)CC(N)C(=O)OCC(CO[N+](=O)[O-])O[N+](=O)[O-]. The maximum atomic E-state index is 13.4. The van der Waals surface area contributed by atoms with Crippen molar-refractivity contribution in [2.75, 3.05) is 19.8 Å². The predicted molar refractivity (Wildman–Crippen MR) is 147 cm³/mol. The van der Waals surface area contributed by atoms with E-state index in [1.54, 1.807) is 13.0 Å². The molecule has 0 amide bonds. The zero-order valence-corrected chi connectivity index (χ0v) is 24.8. The van der Waals surface area contributed by atoms with Crippen LogP contribution in [0, 0.1) is 48.8 Å². The van der Waals surface area contributed by atoms with Gasteiger partial charge in [-0.05, 0) is 56.1 Å². The highest BCUT2D eigenvalue weighted by Gasteiger charge is 2.68. The molecule has 3 fully saturated rings. The summed E-state index contributed by atoms with van der Waals surface area (Å²) in [4.78, 5) is 79.0. The van der Waals surface area contributed by atoms with Crippen molar-refractivity contribution in [1.29, 1.82) is 0 Å². The summed E-state index contributed by atoms with van der Waals surface area (Å²) >= 11 is 0. The van der Waals surface area contributed by atoms with Crippen molar-refractivity contribution in [3.63, 3.8) is 0 Å². The van der Waals surface area contributed by atoms with Crippen molar-refractivity contribution in [2.24, 2.45) is 34.3 Å². The largest absolute Gasteiger partial charge is 0.462 e. The number of nitrogens with two attached hydrogens (primary N) is 1. The average molecular weight is 640 g/mol. The van der Waals surface area contributed by atoms with Gasteiger partial charge >= 0.3 is 11.9 Å². The number of carbonyl (C=O) groups excluding carboxylic acids is 4. The van der Waals surface area contributed by atoms with Crippen molar-refractivity contribution in [2.45, 2.75) is 76.2 Å². The predicted octanol–water partition coefficient (Wildman–Crippen LogP) is 0.154. The van der Waals surface area contributed by atoms with Gasteiger partial charge in [-0.25, -0.2) is 0 Å². The molecule has 17 nitrogen and oxygen atoms in total. The fraction of sp³-hybridized carbons (Fsp3) is 0.714. The van der Waals surface area contributed by atoms with Crippen LogP contribution in [0.1, 0.15) is 52.4 Å². The van der Waals surface area contributed by atoms with E-state index in [-0.39, 0.29) is 36.4 Å². The van der Waals surface area contributed by atoms with Gasteiger partial charge in [0.05, 0.1) is 12.5 Å². The first kappa shape index (κ1) is 33.9. The smallest absolute Gasteiger partial charge is 0.323 e. The van der Waals surface area contributed by atoms with Gasteiger partial charge in [-0.1, -0.05) is 25.5 Å². The van der Waals surface area contributed by atoms with Gasteiger partial charge in [-0.15, -0.1) is 20.2 Å². The highest BCUT2D eigenvalue weighted by atomic mass is 17.0. The Kier molecular flexibility index (Phi) is 9.65. The van der Waals surface area contributed by atoms with Crippen LogP contribution < -0.4 is 5.73 Å². The number of hydrogen-bond acceptors (Lipinski definition) is 15. The first-order valence-corrected chi connectivity index (χ1v) is 14.6. The maximum absolute atomic E-state index is 13.4. The van der Waals surface area contributed by atoms with E-state index in [4.69, 9.17) is 15.2 Å². The molecule has 5 unspecified atom stereocenters. The minimum atomic E-state index is -1.89. The molecule has 0 bridgehead atoms. The molecule has 3 saturated carbocycles. The quantitative estimate of drug-likeness (QED) is 0.138. The Labute approximate surface area is 256 Å². The van der Waals surface area contributed by atoms with Gasteiger partial charge in [0.2, 0.25) is 5.78 Å². The highest BCUT2D eigenvalue weighted by Crippen LogP contribution is 2.67. The van der Waals surface area contributed by atoms with E-state index in [1.807, 2.05) is 13.0 Å². The number of aliphatic hydroxyl groups is 2. The van der Waals surface area contributed by atoms with E-state index in [2.05, 4.69) is 9.68 Å². The molecule has 0 aromatic rings. The van der Waals surface area contributed by atoms with Crippen LogP contribution in [0.15, 0.2) is 23.8 Å². The lowest BCUT2D eigenvalue weighted by Crippen LogP contribution is -2.61. The summed E-state index contributed by atoms with van der Waals surface area (Å²) in [5.74, 6) is -3.43. The molecule has 4 N–H and O–H groups in total. The number of nitrogens with zero attached hydrogens (tertiary/aromatic N) is 2. The number of rotatable bonds is 13. The zero-order chi connectivity index (χ0) is 33.3. The first-order valence-electron chi connectivity index (χ1n) is 14.6. The number of allylic oxidation sites excluding steroid dienone is 4. The summed E-state index contributed by atoms with van der Waals surface area (Å²) in [5, 5.41) is 41.6. The second kappa shape index (κ2) is 12.8. The van der Waals surface area contributed by atoms with Gasteiger partial charge in [-0.3, -0.25) is 19.2 Å². The molecule has 45 heavy (non-hydrogen) atoms. The molecule has 0 spiro atoms. The van der Waals surface area contributed by atoms with Crippen LogP contribution in [0.4, 0.5) is 0 Å². The summed E-state index contributed by atoms with van der Waals surface area (Å²) in [6, 6.07) is -1.61. The van der Waals surface area contributed by atoms with Crippen molar-refractivity contribution in [3.8, 4) is 0 Å². The molecule has 248 valence electrons. The number of fused-ring (bicyclic) bond motifs is 5. The van der Waals surface area contributed by atoms with Crippen LogP contribution in [0.2, 0.25) is 0 Å². The number of ketones is 2. The zero-order valence-electron chi connectivity index (χ0n) is 24.8. The van der Waals surface area contributed by atoms with E-state index in [0.29, 0.717) is 19.3 Å². The minimum Gasteiger partial charge on any atom is -0.462 e. The maximum Gasteiger partial charge on any atom is 0.323 e. The van der Waals surface area contributed by atoms with Gasteiger partial charge < -0.3 is 35.1 Å². The van der Waals surface area contributed by atoms with Crippen molar-refractivity contribution >= 4 is 23.5 Å². The van der Waals surface area contributed by atoms with E-state index in [1.165, 1.54) is 6.08 Å². The first-order chi connectivity index (χ1) is 21.0. The summed E-state index contributed by atoms with van der Waals surface area (Å²) in [5.41, 5.74) is 3.22. The van der Waals surface area contributed by atoms with Crippen LogP contribution >= 0.6 is 0 Å². The lowest BCUT2D eigenvalue weighted by Gasteiger charge is -2.59. The standard InChI is InChI=1S/C28H37N3O14/c1-26-7-5-16(32)9-15(26)3-4-18-19-6-8-28(37,27(19,2)11-21(33)24(18)26)22(34)14-42-23(35)10-20(29)25(36)43-12-17(45-31(40)41)13-44-30(38)39/h5,7,9,17-21,24,33,37H,3-4,6,8,10-14,29H2,1-2H3/t17?,18?,19?,20?,21-,24?,26-,27-,28-/m0/s1. The van der Waals surface area contributed by atoms with Gasteiger partial charge in [-0.2, -0.15) is 0 Å². The van der Waals surface area contributed by atoms with E-state index < -0.39 is 88.8 Å². The molecule has 0 radical (unpaired) electrons. The third kappa shape index (κ3) is 6.55. The van der Waals surface area contributed by atoms with Crippen LogP contribution in [0.25, 0.3) is 0 Å². The molecule has 4 aliphatic carbocycles. The number of Topliss-reactive ketones (excluding diaryl/α,β-unsaturated/α-hetero) is 1. The Hall–Kier alpha value is -3.96. The second-order valence-corrected chi connectivity index (χ2v) is 12.6. The van der Waals surface area contributed by atoms with Crippen LogP contribution in [-0.2, 0) is 38.3 Å². The highest BCUT2D eigenvalue weighted by molar-refractivity contribution is 6.01. The molecule has 9 atom stereocenters. The Bertz CT molecular complexity index is 1320. The number of carbonyl (C=O) groups is 4. The van der Waals surface area contributed by atoms with Gasteiger partial charge in [0.1, 0.15) is 24.9 Å².